The first kappa shape index (κ1) is 10.5. The zero-order valence-corrected chi connectivity index (χ0v) is 8.68. The number of nitrogens with two attached hydrogens (primary N) is 1. The quantitative estimate of drug-likeness (QED) is 0.714. The molecule has 1 rings (SSSR count). The summed E-state index contributed by atoms with van der Waals surface area (Å²) in [6.45, 7) is 5.75. The van der Waals surface area contributed by atoms with E-state index in [1.165, 1.54) is 0 Å². The van der Waals surface area contributed by atoms with Crippen LogP contribution < -0.4 is 5.73 Å². The number of likely N-dealkylation sites (tertiary alicyclic amines) is 1. The molecule has 0 aliphatic carbocycles. The fraction of sp³-hybridized carbons (Fsp3) is 0.900. The molecule has 0 bridgehead atoms. The average Bonchev–Trinajstić information content (AvgIpc) is 2.01. The predicted octanol–water partition coefficient (Wildman–Crippen LogP) is 1.13. The molecule has 1 aliphatic heterocycles. The lowest BCUT2D eigenvalue weighted by Crippen LogP contribution is -2.41. The number of amides is 1. The summed E-state index contributed by atoms with van der Waals surface area (Å²) >= 11 is 0. The molecule has 0 radical (unpaired) electrons. The van der Waals surface area contributed by atoms with Crippen LogP contribution in [-0.4, -0.2) is 29.4 Å². The van der Waals surface area contributed by atoms with E-state index in [4.69, 9.17) is 5.73 Å². The maximum absolute atomic E-state index is 11.4. The molecule has 0 unspecified atom stereocenters. The molecule has 3 nitrogen and oxygen atoms in total. The predicted molar refractivity (Wildman–Crippen MR) is 53.3 cm³/mol. The summed E-state index contributed by atoms with van der Waals surface area (Å²) < 4.78 is 0. The molecule has 0 aromatic heterocycles. The first-order valence-corrected chi connectivity index (χ1v) is 5.06. The number of piperidine rings is 1. The van der Waals surface area contributed by atoms with E-state index in [-0.39, 0.29) is 5.54 Å². The molecule has 1 aliphatic rings. The second-order valence-corrected chi connectivity index (χ2v) is 4.58. The van der Waals surface area contributed by atoms with Crippen molar-refractivity contribution in [2.24, 2.45) is 5.73 Å². The van der Waals surface area contributed by atoms with Crippen LogP contribution in [0.4, 0.5) is 0 Å². The maximum atomic E-state index is 11.4. The molecule has 2 N–H and O–H groups in total. The van der Waals surface area contributed by atoms with Crippen LogP contribution in [0.25, 0.3) is 0 Å². The van der Waals surface area contributed by atoms with Gasteiger partial charge in [-0.3, -0.25) is 4.79 Å². The summed E-state index contributed by atoms with van der Waals surface area (Å²) in [5, 5.41) is 0. The molecule has 1 amide bonds. The lowest BCUT2D eigenvalue weighted by molar-refractivity contribution is -0.133. The molecule has 0 atom stereocenters. The van der Waals surface area contributed by atoms with Gasteiger partial charge in [0.25, 0.3) is 0 Å². The van der Waals surface area contributed by atoms with E-state index in [9.17, 15) is 4.79 Å². The van der Waals surface area contributed by atoms with Gasteiger partial charge in [0.15, 0.2) is 0 Å². The first-order chi connectivity index (χ1) is 5.99. The molecular weight excluding hydrogens is 164 g/mol. The molecular formula is C10H20N2O. The van der Waals surface area contributed by atoms with Crippen molar-refractivity contribution in [2.45, 2.75) is 45.1 Å². The molecule has 0 spiro atoms. The highest BCUT2D eigenvalue weighted by molar-refractivity contribution is 5.76. The highest BCUT2D eigenvalue weighted by Crippen LogP contribution is 2.13. The molecule has 1 saturated heterocycles. The fourth-order valence-electron chi connectivity index (χ4n) is 1.52. The Morgan fingerprint density at radius 2 is 2.15 bits per heavy atom. The SMILES string of the molecule is CC(C)(N)CCN1CCCCC1=O. The Balaban J connectivity index is 2.31. The largest absolute Gasteiger partial charge is 0.343 e. The van der Waals surface area contributed by atoms with Crippen LogP contribution in [0, 0.1) is 0 Å². The number of hydrogen-bond donors (Lipinski definition) is 1. The molecule has 76 valence electrons. The van der Waals surface area contributed by atoms with Crippen LogP contribution in [0.15, 0.2) is 0 Å². The van der Waals surface area contributed by atoms with Gasteiger partial charge in [-0.15, -0.1) is 0 Å². The highest BCUT2D eigenvalue weighted by Gasteiger charge is 2.20. The minimum absolute atomic E-state index is 0.155. The van der Waals surface area contributed by atoms with Crippen LogP contribution in [-0.2, 0) is 4.79 Å². The van der Waals surface area contributed by atoms with E-state index in [1.54, 1.807) is 0 Å². The number of hydrogen-bond acceptors (Lipinski definition) is 2. The van der Waals surface area contributed by atoms with Gasteiger partial charge in [-0.1, -0.05) is 0 Å². The second-order valence-electron chi connectivity index (χ2n) is 4.58. The molecule has 1 fully saturated rings. The van der Waals surface area contributed by atoms with E-state index in [2.05, 4.69) is 0 Å². The highest BCUT2D eigenvalue weighted by atomic mass is 16.2. The topological polar surface area (TPSA) is 46.3 Å². The van der Waals surface area contributed by atoms with Gasteiger partial charge < -0.3 is 10.6 Å². The van der Waals surface area contributed by atoms with Gasteiger partial charge in [-0.25, -0.2) is 0 Å². The number of rotatable bonds is 3. The summed E-state index contributed by atoms with van der Waals surface area (Å²) in [4.78, 5) is 13.3. The lowest BCUT2D eigenvalue weighted by Gasteiger charge is -2.29. The van der Waals surface area contributed by atoms with Crippen molar-refractivity contribution >= 4 is 5.91 Å². The number of carbonyl (C=O) groups excluding carboxylic acids is 1. The number of nitrogens with zero attached hydrogens (tertiary/aromatic N) is 1. The Morgan fingerprint density at radius 3 is 2.69 bits per heavy atom. The summed E-state index contributed by atoms with van der Waals surface area (Å²) in [6, 6.07) is 0. The Morgan fingerprint density at radius 1 is 1.46 bits per heavy atom. The van der Waals surface area contributed by atoms with E-state index in [0.717, 1.165) is 38.8 Å². The second kappa shape index (κ2) is 4.09. The van der Waals surface area contributed by atoms with Crippen LogP contribution in [0.1, 0.15) is 39.5 Å². The van der Waals surface area contributed by atoms with Crippen molar-refractivity contribution in [2.75, 3.05) is 13.1 Å². The smallest absolute Gasteiger partial charge is 0.222 e. The Bertz CT molecular complexity index is 184. The van der Waals surface area contributed by atoms with E-state index in [1.807, 2.05) is 18.7 Å². The van der Waals surface area contributed by atoms with Crippen molar-refractivity contribution in [1.82, 2.24) is 4.90 Å². The van der Waals surface area contributed by atoms with Crippen molar-refractivity contribution in [1.29, 1.82) is 0 Å². The van der Waals surface area contributed by atoms with E-state index in [0.29, 0.717) is 5.91 Å². The normalized spacial score (nSPS) is 19.3. The van der Waals surface area contributed by atoms with Gasteiger partial charge in [-0.2, -0.15) is 0 Å². The summed E-state index contributed by atoms with van der Waals surface area (Å²) in [7, 11) is 0. The lowest BCUT2D eigenvalue weighted by atomic mass is 10.0. The van der Waals surface area contributed by atoms with Gasteiger partial charge in [0.2, 0.25) is 5.91 Å². The summed E-state index contributed by atoms with van der Waals surface area (Å²) in [6.07, 6.45) is 3.82. The van der Waals surface area contributed by atoms with Crippen LogP contribution >= 0.6 is 0 Å². The Labute approximate surface area is 80.3 Å². The van der Waals surface area contributed by atoms with Gasteiger partial charge in [0.1, 0.15) is 0 Å². The van der Waals surface area contributed by atoms with Gasteiger partial charge in [0, 0.05) is 25.0 Å². The van der Waals surface area contributed by atoms with Crippen molar-refractivity contribution in [3.63, 3.8) is 0 Å². The maximum Gasteiger partial charge on any atom is 0.222 e. The third kappa shape index (κ3) is 3.77. The van der Waals surface area contributed by atoms with Gasteiger partial charge >= 0.3 is 0 Å². The van der Waals surface area contributed by atoms with Crippen LogP contribution in [0.3, 0.4) is 0 Å². The monoisotopic (exact) mass is 184 g/mol. The van der Waals surface area contributed by atoms with Gasteiger partial charge in [-0.05, 0) is 33.1 Å². The van der Waals surface area contributed by atoms with Crippen LogP contribution in [0.5, 0.6) is 0 Å². The Hall–Kier alpha value is -0.570. The number of carbonyl (C=O) groups is 1. The third-order valence-electron chi connectivity index (χ3n) is 2.45. The minimum Gasteiger partial charge on any atom is -0.343 e. The van der Waals surface area contributed by atoms with Crippen molar-refractivity contribution in [3.8, 4) is 0 Å². The molecule has 0 aromatic rings. The molecule has 0 saturated carbocycles. The summed E-state index contributed by atoms with van der Waals surface area (Å²) in [5.74, 6) is 0.301. The molecule has 0 aromatic carbocycles. The molecule has 3 heteroatoms. The Kier molecular flexibility index (Phi) is 3.31. The molecule has 1 heterocycles. The van der Waals surface area contributed by atoms with Crippen molar-refractivity contribution in [3.05, 3.63) is 0 Å². The van der Waals surface area contributed by atoms with E-state index >= 15 is 0 Å². The minimum atomic E-state index is -0.155. The van der Waals surface area contributed by atoms with Crippen molar-refractivity contribution < 1.29 is 4.79 Å². The zero-order chi connectivity index (χ0) is 9.90. The van der Waals surface area contributed by atoms with E-state index < -0.39 is 0 Å². The standard InChI is InChI=1S/C10H20N2O/c1-10(2,11)6-8-12-7-4-3-5-9(12)13/h3-8,11H2,1-2H3. The average molecular weight is 184 g/mol. The summed E-state index contributed by atoms with van der Waals surface area (Å²) in [5.41, 5.74) is 5.71. The third-order valence-corrected chi connectivity index (χ3v) is 2.45. The van der Waals surface area contributed by atoms with Gasteiger partial charge in [0.05, 0.1) is 0 Å². The zero-order valence-electron chi connectivity index (χ0n) is 8.68. The molecule has 13 heavy (non-hydrogen) atoms. The first-order valence-electron chi connectivity index (χ1n) is 5.06. The van der Waals surface area contributed by atoms with Crippen LogP contribution in [0.2, 0.25) is 0 Å². The fourth-order valence-corrected chi connectivity index (χ4v) is 1.52.